The molecule has 2 rings (SSSR count). The number of hydrogen-bond donors (Lipinski definition) is 2. The molecule has 112 valence electrons. The van der Waals surface area contributed by atoms with E-state index < -0.39 is 0 Å². The van der Waals surface area contributed by atoms with Crippen LogP contribution in [-0.4, -0.2) is 24.5 Å². The fourth-order valence-electron chi connectivity index (χ4n) is 2.38. The number of thioether (sulfide) groups is 1. The molecule has 0 radical (unpaired) electrons. The zero-order valence-electron chi connectivity index (χ0n) is 12.7. The smallest absolute Gasteiger partial charge is 0.0758 e. The molecule has 0 fully saturated rings. The van der Waals surface area contributed by atoms with Crippen molar-refractivity contribution < 1.29 is 5.11 Å². The summed E-state index contributed by atoms with van der Waals surface area (Å²) in [4.78, 5) is 0. The first-order valence-electron chi connectivity index (χ1n) is 7.19. The quantitative estimate of drug-likeness (QED) is 0.823. The molecule has 21 heavy (non-hydrogen) atoms. The van der Waals surface area contributed by atoms with E-state index >= 15 is 0 Å². The molecule has 0 saturated carbocycles. The highest BCUT2D eigenvalue weighted by Crippen LogP contribution is 2.27. The molecule has 0 aliphatic carbocycles. The van der Waals surface area contributed by atoms with Crippen LogP contribution in [0.4, 0.5) is 0 Å². The van der Waals surface area contributed by atoms with Gasteiger partial charge in [0.25, 0.3) is 0 Å². The number of benzene rings is 2. The molecule has 3 heteroatoms. The average molecular weight is 301 g/mol. The first kappa shape index (κ1) is 16.1. The molecule has 1 unspecified atom stereocenters. The Kier molecular flexibility index (Phi) is 5.85. The van der Waals surface area contributed by atoms with Crippen molar-refractivity contribution in [2.75, 3.05) is 19.4 Å². The first-order valence-corrected chi connectivity index (χ1v) is 8.35. The van der Waals surface area contributed by atoms with Crippen LogP contribution in [0.2, 0.25) is 0 Å². The van der Waals surface area contributed by atoms with Crippen LogP contribution < -0.4 is 5.32 Å². The van der Waals surface area contributed by atoms with E-state index in [-0.39, 0.29) is 12.1 Å². The minimum Gasteiger partial charge on any atom is -0.394 e. The van der Waals surface area contributed by atoms with E-state index in [9.17, 15) is 5.11 Å². The lowest BCUT2D eigenvalue weighted by Crippen LogP contribution is -2.45. The highest BCUT2D eigenvalue weighted by molar-refractivity contribution is 7.98. The van der Waals surface area contributed by atoms with Crippen LogP contribution in [0.5, 0.6) is 0 Å². The Labute approximate surface area is 131 Å². The van der Waals surface area contributed by atoms with Crippen LogP contribution in [0.25, 0.3) is 0 Å². The third-order valence-electron chi connectivity index (χ3n) is 3.94. The van der Waals surface area contributed by atoms with Gasteiger partial charge in [-0.25, -0.2) is 0 Å². The molecule has 0 aliphatic heterocycles. The normalized spacial score (nSPS) is 13.9. The van der Waals surface area contributed by atoms with E-state index in [2.05, 4.69) is 48.6 Å². The highest BCUT2D eigenvalue weighted by Gasteiger charge is 2.29. The van der Waals surface area contributed by atoms with Gasteiger partial charge in [0, 0.05) is 11.5 Å². The van der Waals surface area contributed by atoms with E-state index in [4.69, 9.17) is 0 Å². The number of rotatable bonds is 7. The number of aliphatic hydroxyl groups excluding tert-OH is 1. The van der Waals surface area contributed by atoms with Gasteiger partial charge in [0.05, 0.1) is 12.1 Å². The number of hydrogen-bond acceptors (Lipinski definition) is 3. The maximum atomic E-state index is 9.91. The minimum absolute atomic E-state index is 0.0916. The topological polar surface area (TPSA) is 32.3 Å². The van der Waals surface area contributed by atoms with Gasteiger partial charge in [0.1, 0.15) is 0 Å². The van der Waals surface area contributed by atoms with Crippen molar-refractivity contribution in [1.29, 1.82) is 0 Å². The van der Waals surface area contributed by atoms with Crippen LogP contribution in [-0.2, 0) is 11.3 Å². The summed E-state index contributed by atoms with van der Waals surface area (Å²) in [5, 5.41) is 13.2. The molecule has 0 bridgehead atoms. The average Bonchev–Trinajstić information content (AvgIpc) is 2.54. The summed E-state index contributed by atoms with van der Waals surface area (Å²) in [6.07, 6.45) is 0. The number of likely N-dealkylation sites (N-methyl/N-ethyl adjacent to an activating group) is 1. The third-order valence-corrected chi connectivity index (χ3v) is 5.15. The fraction of sp³-hybridized carbons (Fsp3) is 0.333. The van der Waals surface area contributed by atoms with Crippen molar-refractivity contribution in [3.63, 3.8) is 0 Å². The van der Waals surface area contributed by atoms with Gasteiger partial charge in [-0.1, -0.05) is 54.6 Å². The summed E-state index contributed by atoms with van der Waals surface area (Å²) in [6.45, 7) is 2.23. The Bertz CT molecular complexity index is 552. The SMILES string of the molecule is CNC(CO)(CSCc1ccccc1C)c1ccccc1. The van der Waals surface area contributed by atoms with E-state index in [1.165, 1.54) is 11.1 Å². The second kappa shape index (κ2) is 7.64. The second-order valence-corrected chi connectivity index (χ2v) is 6.26. The molecule has 0 saturated heterocycles. The molecular weight excluding hydrogens is 278 g/mol. The molecule has 0 aliphatic rings. The van der Waals surface area contributed by atoms with Crippen LogP contribution in [0.1, 0.15) is 16.7 Å². The third kappa shape index (κ3) is 3.88. The van der Waals surface area contributed by atoms with Gasteiger partial charge in [-0.3, -0.25) is 0 Å². The summed E-state index contributed by atoms with van der Waals surface area (Å²) < 4.78 is 0. The van der Waals surface area contributed by atoms with Crippen molar-refractivity contribution in [3.8, 4) is 0 Å². The van der Waals surface area contributed by atoms with Gasteiger partial charge in [-0.05, 0) is 30.7 Å². The van der Waals surface area contributed by atoms with Gasteiger partial charge in [-0.15, -0.1) is 0 Å². The van der Waals surface area contributed by atoms with E-state index in [0.29, 0.717) is 0 Å². The molecule has 0 aromatic heterocycles. The largest absolute Gasteiger partial charge is 0.394 e. The summed E-state index contributed by atoms with van der Waals surface area (Å²) in [5.41, 5.74) is 3.43. The van der Waals surface area contributed by atoms with Crippen LogP contribution in [0.3, 0.4) is 0 Å². The zero-order valence-corrected chi connectivity index (χ0v) is 13.5. The maximum Gasteiger partial charge on any atom is 0.0758 e. The van der Waals surface area contributed by atoms with Gasteiger partial charge in [0.15, 0.2) is 0 Å². The summed E-state index contributed by atoms with van der Waals surface area (Å²) in [5.74, 6) is 1.79. The van der Waals surface area contributed by atoms with E-state index in [1.54, 1.807) is 0 Å². The Hall–Kier alpha value is -1.29. The fourth-order valence-corrected chi connectivity index (χ4v) is 3.78. The predicted octanol–water partition coefficient (Wildman–Crippen LogP) is 3.34. The van der Waals surface area contributed by atoms with Gasteiger partial charge in [-0.2, -0.15) is 11.8 Å². The molecule has 0 amide bonds. The molecule has 2 aromatic carbocycles. The molecule has 2 N–H and O–H groups in total. The van der Waals surface area contributed by atoms with Crippen molar-refractivity contribution >= 4 is 11.8 Å². The zero-order chi connectivity index (χ0) is 15.1. The van der Waals surface area contributed by atoms with Crippen LogP contribution in [0.15, 0.2) is 54.6 Å². The van der Waals surface area contributed by atoms with E-state index in [0.717, 1.165) is 17.1 Å². The standard InChI is InChI=1S/C18H23NOS/c1-15-8-6-7-9-16(15)12-21-14-18(13-20,19-2)17-10-4-3-5-11-17/h3-11,19-20H,12-14H2,1-2H3. The Morgan fingerprint density at radius 2 is 1.71 bits per heavy atom. The lowest BCUT2D eigenvalue weighted by molar-refractivity contribution is 0.187. The second-order valence-electron chi connectivity index (χ2n) is 5.28. The van der Waals surface area contributed by atoms with Gasteiger partial charge >= 0.3 is 0 Å². The lowest BCUT2D eigenvalue weighted by atomic mass is 9.93. The van der Waals surface area contributed by atoms with Crippen molar-refractivity contribution in [2.45, 2.75) is 18.2 Å². The summed E-state index contributed by atoms with van der Waals surface area (Å²) in [6, 6.07) is 18.6. The molecule has 0 spiro atoms. The molecule has 2 aromatic rings. The Morgan fingerprint density at radius 1 is 1.05 bits per heavy atom. The lowest BCUT2D eigenvalue weighted by Gasteiger charge is -2.32. The molecule has 1 atom stereocenters. The van der Waals surface area contributed by atoms with Crippen molar-refractivity contribution in [3.05, 3.63) is 71.3 Å². The highest BCUT2D eigenvalue weighted by atomic mass is 32.2. The van der Waals surface area contributed by atoms with Gasteiger partial charge < -0.3 is 10.4 Å². The Balaban J connectivity index is 2.06. The monoisotopic (exact) mass is 301 g/mol. The number of aliphatic hydroxyl groups is 1. The Morgan fingerprint density at radius 3 is 2.33 bits per heavy atom. The molecule has 0 heterocycles. The summed E-state index contributed by atoms with van der Waals surface area (Å²) >= 11 is 1.85. The molecular formula is C18H23NOS. The predicted molar refractivity (Wildman–Crippen MR) is 91.6 cm³/mol. The maximum absolute atomic E-state index is 9.91. The van der Waals surface area contributed by atoms with E-state index in [1.807, 2.05) is 37.0 Å². The van der Waals surface area contributed by atoms with Gasteiger partial charge in [0.2, 0.25) is 0 Å². The van der Waals surface area contributed by atoms with Crippen molar-refractivity contribution in [1.82, 2.24) is 5.32 Å². The van der Waals surface area contributed by atoms with Crippen LogP contribution in [0, 0.1) is 6.92 Å². The van der Waals surface area contributed by atoms with Crippen molar-refractivity contribution in [2.24, 2.45) is 0 Å². The number of nitrogens with one attached hydrogen (secondary N) is 1. The first-order chi connectivity index (χ1) is 10.2. The minimum atomic E-state index is -0.380. The number of aryl methyl sites for hydroxylation is 1. The molecule has 2 nitrogen and oxygen atoms in total. The summed E-state index contributed by atoms with van der Waals surface area (Å²) in [7, 11) is 1.91. The van der Waals surface area contributed by atoms with Crippen LogP contribution >= 0.6 is 11.8 Å².